The fourth-order valence-electron chi connectivity index (χ4n) is 1.21. The monoisotopic (exact) mass is 237 g/mol. The lowest BCUT2D eigenvalue weighted by Gasteiger charge is -2.04. The van der Waals surface area contributed by atoms with Gasteiger partial charge >= 0.3 is 0 Å². The fraction of sp³-hybridized carbons (Fsp3) is 0.111. The van der Waals surface area contributed by atoms with Gasteiger partial charge in [0, 0.05) is 6.07 Å². The van der Waals surface area contributed by atoms with Crippen LogP contribution < -0.4 is 5.32 Å². The smallest absolute Gasteiger partial charge is 0.255 e. The summed E-state index contributed by atoms with van der Waals surface area (Å²) in [5.74, 6) is -1.28. The van der Waals surface area contributed by atoms with Crippen LogP contribution in [0.5, 0.6) is 5.75 Å². The number of halogens is 1. The first-order valence-electron chi connectivity index (χ1n) is 4.66. The van der Waals surface area contributed by atoms with Crippen molar-refractivity contribution in [3.63, 3.8) is 0 Å². The molecule has 2 aromatic rings. The summed E-state index contributed by atoms with van der Waals surface area (Å²) in [6, 6.07) is 3.14. The molecule has 7 nitrogen and oxygen atoms in total. The number of carbonyl (C=O) groups is 1. The quantitative estimate of drug-likeness (QED) is 0.695. The minimum absolute atomic E-state index is 0.0186. The van der Waals surface area contributed by atoms with Gasteiger partial charge in [-0.25, -0.2) is 4.39 Å². The average Bonchev–Trinajstić information content (AvgIpc) is 2.78. The van der Waals surface area contributed by atoms with Crippen molar-refractivity contribution in [1.82, 2.24) is 25.9 Å². The van der Waals surface area contributed by atoms with Gasteiger partial charge in [-0.3, -0.25) is 4.79 Å². The molecule has 88 valence electrons. The SMILES string of the molecule is O=C(NCc1nn[nH]n1)c1ccc(F)cc1O. The van der Waals surface area contributed by atoms with Crippen molar-refractivity contribution in [2.24, 2.45) is 0 Å². The highest BCUT2D eigenvalue weighted by molar-refractivity contribution is 5.96. The van der Waals surface area contributed by atoms with Crippen LogP contribution in [0.4, 0.5) is 4.39 Å². The van der Waals surface area contributed by atoms with Crippen LogP contribution >= 0.6 is 0 Å². The van der Waals surface area contributed by atoms with E-state index in [1.807, 2.05) is 0 Å². The van der Waals surface area contributed by atoms with E-state index in [2.05, 4.69) is 25.9 Å². The lowest BCUT2D eigenvalue weighted by molar-refractivity contribution is 0.0947. The third kappa shape index (κ3) is 2.54. The highest BCUT2D eigenvalue weighted by Gasteiger charge is 2.12. The number of H-pyrrole nitrogens is 1. The molecule has 1 heterocycles. The van der Waals surface area contributed by atoms with Gasteiger partial charge in [-0.1, -0.05) is 5.21 Å². The maximum Gasteiger partial charge on any atom is 0.255 e. The molecule has 1 aromatic carbocycles. The third-order valence-corrected chi connectivity index (χ3v) is 2.00. The van der Waals surface area contributed by atoms with Crippen LogP contribution in [-0.2, 0) is 6.54 Å². The van der Waals surface area contributed by atoms with E-state index in [1.165, 1.54) is 6.07 Å². The Morgan fingerprint density at radius 1 is 1.53 bits per heavy atom. The van der Waals surface area contributed by atoms with Crippen molar-refractivity contribution in [2.45, 2.75) is 6.54 Å². The Balaban J connectivity index is 2.04. The Morgan fingerprint density at radius 2 is 2.35 bits per heavy atom. The van der Waals surface area contributed by atoms with Crippen molar-refractivity contribution >= 4 is 5.91 Å². The molecule has 0 atom stereocenters. The number of phenolic OH excluding ortho intramolecular Hbond substituents is 1. The number of nitrogens with one attached hydrogen (secondary N) is 2. The van der Waals surface area contributed by atoms with Crippen LogP contribution in [0.15, 0.2) is 18.2 Å². The van der Waals surface area contributed by atoms with E-state index in [9.17, 15) is 14.3 Å². The maximum absolute atomic E-state index is 12.7. The summed E-state index contributed by atoms with van der Waals surface area (Å²) in [4.78, 5) is 11.6. The van der Waals surface area contributed by atoms with E-state index >= 15 is 0 Å². The Labute approximate surface area is 94.7 Å². The van der Waals surface area contributed by atoms with E-state index in [0.717, 1.165) is 12.1 Å². The number of rotatable bonds is 3. The van der Waals surface area contributed by atoms with E-state index in [1.54, 1.807) is 0 Å². The van der Waals surface area contributed by atoms with Gasteiger partial charge in [0.2, 0.25) is 0 Å². The van der Waals surface area contributed by atoms with Crippen molar-refractivity contribution in [3.8, 4) is 5.75 Å². The third-order valence-electron chi connectivity index (χ3n) is 2.00. The van der Waals surface area contributed by atoms with Crippen LogP contribution in [0.2, 0.25) is 0 Å². The first kappa shape index (κ1) is 11.0. The molecule has 1 amide bonds. The number of carbonyl (C=O) groups excluding carboxylic acids is 1. The molecule has 0 spiro atoms. The van der Waals surface area contributed by atoms with Gasteiger partial charge in [0.05, 0.1) is 12.1 Å². The van der Waals surface area contributed by atoms with E-state index in [4.69, 9.17) is 0 Å². The van der Waals surface area contributed by atoms with Crippen LogP contribution in [0, 0.1) is 5.82 Å². The maximum atomic E-state index is 12.7. The molecule has 0 saturated heterocycles. The molecule has 8 heteroatoms. The van der Waals surface area contributed by atoms with Crippen LogP contribution in [0.3, 0.4) is 0 Å². The summed E-state index contributed by atoms with van der Waals surface area (Å²) in [6.07, 6.45) is 0. The molecule has 0 radical (unpaired) electrons. The Hall–Kier alpha value is -2.51. The number of nitrogens with zero attached hydrogens (tertiary/aromatic N) is 3. The normalized spacial score (nSPS) is 10.2. The summed E-state index contributed by atoms with van der Waals surface area (Å²) in [6.45, 7) is 0.0617. The van der Waals surface area contributed by atoms with Crippen LogP contribution in [-0.4, -0.2) is 31.6 Å². The Kier molecular flexibility index (Phi) is 2.95. The van der Waals surface area contributed by atoms with Gasteiger partial charge in [-0.05, 0) is 12.1 Å². The number of aromatic nitrogens is 4. The number of hydrogen-bond acceptors (Lipinski definition) is 5. The molecule has 17 heavy (non-hydrogen) atoms. The molecular weight excluding hydrogens is 229 g/mol. The molecule has 0 unspecified atom stereocenters. The minimum Gasteiger partial charge on any atom is -0.507 e. The minimum atomic E-state index is -0.614. The second-order valence-corrected chi connectivity index (χ2v) is 3.17. The number of aromatic hydroxyl groups is 1. The zero-order valence-electron chi connectivity index (χ0n) is 8.51. The number of amides is 1. The predicted molar refractivity (Wildman–Crippen MR) is 53.4 cm³/mol. The van der Waals surface area contributed by atoms with Gasteiger partial charge in [0.15, 0.2) is 5.82 Å². The first-order chi connectivity index (χ1) is 8.16. The summed E-state index contributed by atoms with van der Waals surface area (Å²) in [7, 11) is 0. The number of aromatic amines is 1. The van der Waals surface area contributed by atoms with Gasteiger partial charge < -0.3 is 10.4 Å². The topological polar surface area (TPSA) is 104 Å². The molecule has 0 aliphatic heterocycles. The molecular formula is C9H8FN5O2. The molecule has 0 aliphatic rings. The zero-order valence-corrected chi connectivity index (χ0v) is 8.51. The molecule has 0 fully saturated rings. The van der Waals surface area contributed by atoms with Gasteiger partial charge in [-0.2, -0.15) is 5.21 Å². The summed E-state index contributed by atoms with van der Waals surface area (Å²) >= 11 is 0. The molecule has 0 saturated carbocycles. The fourth-order valence-corrected chi connectivity index (χ4v) is 1.21. The van der Waals surface area contributed by atoms with Gasteiger partial charge in [0.25, 0.3) is 5.91 Å². The largest absolute Gasteiger partial charge is 0.507 e. The lowest BCUT2D eigenvalue weighted by Crippen LogP contribution is -2.23. The lowest BCUT2D eigenvalue weighted by atomic mass is 10.2. The molecule has 1 aromatic heterocycles. The van der Waals surface area contributed by atoms with Crippen molar-refractivity contribution in [1.29, 1.82) is 0 Å². The van der Waals surface area contributed by atoms with Crippen molar-refractivity contribution < 1.29 is 14.3 Å². The number of benzene rings is 1. The van der Waals surface area contributed by atoms with E-state index < -0.39 is 17.5 Å². The molecule has 2 rings (SSSR count). The second-order valence-electron chi connectivity index (χ2n) is 3.17. The number of phenols is 1. The summed E-state index contributed by atoms with van der Waals surface area (Å²) < 4.78 is 12.7. The van der Waals surface area contributed by atoms with E-state index in [0.29, 0.717) is 5.82 Å². The van der Waals surface area contributed by atoms with Gasteiger partial charge in [0.1, 0.15) is 11.6 Å². The first-order valence-corrected chi connectivity index (χ1v) is 4.66. The van der Waals surface area contributed by atoms with Gasteiger partial charge in [-0.15, -0.1) is 10.2 Å². The summed E-state index contributed by atoms with van der Waals surface area (Å²) in [5, 5.41) is 24.6. The van der Waals surface area contributed by atoms with Crippen molar-refractivity contribution in [2.75, 3.05) is 0 Å². The van der Waals surface area contributed by atoms with Crippen LogP contribution in [0.25, 0.3) is 0 Å². The standard InChI is InChI=1S/C9H8FN5O2/c10-5-1-2-6(7(16)3-5)9(17)11-4-8-12-14-15-13-8/h1-3,16H,4H2,(H,11,17)(H,12,13,14,15). The van der Waals surface area contributed by atoms with Crippen molar-refractivity contribution in [3.05, 3.63) is 35.4 Å². The molecule has 0 bridgehead atoms. The highest BCUT2D eigenvalue weighted by atomic mass is 19.1. The Morgan fingerprint density at radius 3 is 3.00 bits per heavy atom. The molecule has 3 N–H and O–H groups in total. The predicted octanol–water partition coefficient (Wildman–Crippen LogP) is -0.0256. The highest BCUT2D eigenvalue weighted by Crippen LogP contribution is 2.17. The number of tetrazole rings is 1. The second kappa shape index (κ2) is 4.56. The molecule has 0 aliphatic carbocycles. The van der Waals surface area contributed by atoms with Crippen LogP contribution in [0.1, 0.15) is 16.2 Å². The van der Waals surface area contributed by atoms with E-state index in [-0.39, 0.29) is 12.1 Å². The number of hydrogen-bond donors (Lipinski definition) is 3. The summed E-state index contributed by atoms with van der Waals surface area (Å²) in [5.41, 5.74) is -0.0186. The Bertz CT molecular complexity index is 528. The zero-order chi connectivity index (χ0) is 12.3. The average molecular weight is 237 g/mol.